The fourth-order valence-electron chi connectivity index (χ4n) is 3.24. The number of amides is 1. The number of alkyl halides is 9. The van der Waals surface area contributed by atoms with Crippen molar-refractivity contribution in [3.8, 4) is 5.75 Å². The number of carbonyl (C=O) groups is 1. The fourth-order valence-corrected chi connectivity index (χ4v) is 3.24. The van der Waals surface area contributed by atoms with Gasteiger partial charge in [-0.3, -0.25) is 4.79 Å². The van der Waals surface area contributed by atoms with Crippen LogP contribution in [0.25, 0.3) is 5.70 Å². The quantitative estimate of drug-likeness (QED) is 0.594. The number of fused-ring (bicyclic) bond motifs is 1. The van der Waals surface area contributed by atoms with E-state index in [1.54, 1.807) is 0 Å². The minimum atomic E-state index is -6.54. The van der Waals surface area contributed by atoms with Gasteiger partial charge in [0.1, 0.15) is 19.1 Å². The summed E-state index contributed by atoms with van der Waals surface area (Å²) in [7, 11) is 0. The van der Waals surface area contributed by atoms with Crippen molar-refractivity contribution in [1.29, 1.82) is 0 Å². The molecule has 1 amide bonds. The molecular weight excluding hydrogens is 433 g/mol. The van der Waals surface area contributed by atoms with Gasteiger partial charge in [-0.15, -0.1) is 0 Å². The molecule has 12 heteroatoms. The molecule has 0 N–H and O–H groups in total. The average Bonchev–Trinajstić information content (AvgIpc) is 3.11. The zero-order valence-electron chi connectivity index (χ0n) is 15.0. The van der Waals surface area contributed by atoms with Crippen molar-refractivity contribution in [1.82, 2.24) is 4.90 Å². The van der Waals surface area contributed by atoms with Gasteiger partial charge in [-0.2, -0.15) is 30.7 Å². The summed E-state index contributed by atoms with van der Waals surface area (Å²) < 4.78 is 125. The van der Waals surface area contributed by atoms with Gasteiger partial charge in [-0.05, 0) is 30.7 Å². The first-order valence-corrected chi connectivity index (χ1v) is 8.61. The zero-order valence-corrected chi connectivity index (χ0v) is 15.0. The van der Waals surface area contributed by atoms with Crippen LogP contribution >= 0.6 is 0 Å². The Morgan fingerprint density at radius 3 is 2.17 bits per heavy atom. The first-order chi connectivity index (χ1) is 13.8. The van der Waals surface area contributed by atoms with Crippen molar-refractivity contribution in [2.24, 2.45) is 0 Å². The molecule has 3 nitrogen and oxygen atoms in total. The van der Waals surface area contributed by atoms with Crippen LogP contribution in [0, 0.1) is 0 Å². The average molecular weight is 447 g/mol. The number of rotatable bonds is 5. The number of likely N-dealkylation sites (tertiary alicyclic amines) is 1. The van der Waals surface area contributed by atoms with Crippen molar-refractivity contribution < 1.29 is 49.0 Å². The topological polar surface area (TPSA) is 29.5 Å². The smallest absolute Gasteiger partial charge is 0.460 e. The second kappa shape index (κ2) is 7.09. The van der Waals surface area contributed by atoms with Crippen LogP contribution in [0.3, 0.4) is 0 Å². The van der Waals surface area contributed by atoms with Gasteiger partial charge < -0.3 is 9.64 Å². The first kappa shape index (κ1) is 22.3. The monoisotopic (exact) mass is 447 g/mol. The number of halogens is 9. The van der Waals surface area contributed by atoms with Gasteiger partial charge >= 0.3 is 18.0 Å². The molecule has 0 saturated carbocycles. The summed E-state index contributed by atoms with van der Waals surface area (Å²) in [4.78, 5) is 13.1. The van der Waals surface area contributed by atoms with E-state index in [-0.39, 0.29) is 24.7 Å². The van der Waals surface area contributed by atoms with E-state index in [2.05, 4.69) is 0 Å². The van der Waals surface area contributed by atoms with Crippen LogP contribution in [0.15, 0.2) is 24.3 Å². The second-order valence-electron chi connectivity index (χ2n) is 6.97. The third kappa shape index (κ3) is 3.29. The molecule has 2 aliphatic rings. The Balaban J connectivity index is 2.16. The van der Waals surface area contributed by atoms with Crippen LogP contribution in [0.2, 0.25) is 0 Å². The highest BCUT2D eigenvalue weighted by Gasteiger charge is 2.73. The van der Waals surface area contributed by atoms with Gasteiger partial charge in [0, 0.05) is 24.1 Å². The molecular formula is C18H14F9NO2. The van der Waals surface area contributed by atoms with Crippen LogP contribution in [0.5, 0.6) is 5.75 Å². The van der Waals surface area contributed by atoms with Gasteiger partial charge in [0.25, 0.3) is 0 Å². The van der Waals surface area contributed by atoms with Crippen LogP contribution in [-0.4, -0.2) is 48.4 Å². The maximum Gasteiger partial charge on any atom is 0.460 e. The summed E-state index contributed by atoms with van der Waals surface area (Å²) in [5, 5.41) is 0. The van der Waals surface area contributed by atoms with E-state index in [4.69, 9.17) is 4.74 Å². The van der Waals surface area contributed by atoms with Crippen molar-refractivity contribution in [3.05, 3.63) is 35.4 Å². The third-order valence-corrected chi connectivity index (χ3v) is 4.90. The van der Waals surface area contributed by atoms with E-state index in [0.717, 1.165) is 11.0 Å². The van der Waals surface area contributed by atoms with E-state index < -0.39 is 59.8 Å². The lowest BCUT2D eigenvalue weighted by Gasteiger charge is -2.36. The van der Waals surface area contributed by atoms with Crippen LogP contribution in [0.1, 0.15) is 24.0 Å². The molecule has 0 aliphatic carbocycles. The number of benzene rings is 1. The molecule has 0 unspecified atom stereocenters. The number of ether oxygens (including phenoxy) is 1. The van der Waals surface area contributed by atoms with Crippen LogP contribution in [0.4, 0.5) is 39.5 Å². The number of nitrogens with zero attached hydrogens (tertiary/aromatic N) is 1. The third-order valence-electron chi connectivity index (χ3n) is 4.90. The minimum absolute atomic E-state index is 0.0355. The fraction of sp³-hybridized carbons (Fsp3) is 0.500. The molecule has 2 aliphatic heterocycles. The molecule has 166 valence electrons. The Morgan fingerprint density at radius 2 is 1.67 bits per heavy atom. The molecule has 2 heterocycles. The predicted molar refractivity (Wildman–Crippen MR) is 85.6 cm³/mol. The predicted octanol–water partition coefficient (Wildman–Crippen LogP) is 5.01. The van der Waals surface area contributed by atoms with Crippen molar-refractivity contribution in [3.63, 3.8) is 0 Å². The molecule has 0 spiro atoms. The van der Waals surface area contributed by atoms with Gasteiger partial charge in [0.05, 0.1) is 5.70 Å². The van der Waals surface area contributed by atoms with Crippen LogP contribution in [-0.2, 0) is 10.7 Å². The molecule has 1 aromatic rings. The molecule has 30 heavy (non-hydrogen) atoms. The van der Waals surface area contributed by atoms with Gasteiger partial charge in [0.2, 0.25) is 5.91 Å². The molecule has 0 atom stereocenters. The highest BCUT2D eigenvalue weighted by molar-refractivity contribution is 5.90. The van der Waals surface area contributed by atoms with E-state index >= 15 is 0 Å². The molecule has 1 fully saturated rings. The lowest BCUT2D eigenvalue weighted by Crippen LogP contribution is -2.50. The van der Waals surface area contributed by atoms with Crippen molar-refractivity contribution in [2.75, 3.05) is 19.9 Å². The molecule has 1 aromatic carbocycles. The Bertz CT molecular complexity index is 875. The number of carbonyl (C=O) groups excluding carboxylic acids is 1. The highest BCUT2D eigenvalue weighted by atomic mass is 19.4. The molecule has 0 radical (unpaired) electrons. The Hall–Kier alpha value is -2.40. The van der Waals surface area contributed by atoms with Gasteiger partial charge in [0.15, 0.2) is 5.60 Å². The van der Waals surface area contributed by atoms with E-state index in [9.17, 15) is 44.3 Å². The van der Waals surface area contributed by atoms with Crippen molar-refractivity contribution >= 4 is 11.6 Å². The Kier molecular flexibility index (Phi) is 5.26. The van der Waals surface area contributed by atoms with Crippen molar-refractivity contribution in [2.45, 2.75) is 36.5 Å². The normalized spacial score (nSPS) is 19.4. The number of hydrogen-bond donors (Lipinski definition) is 0. The maximum atomic E-state index is 14.1. The summed E-state index contributed by atoms with van der Waals surface area (Å²) in [6.07, 6.45) is -5.35. The SMILES string of the molecule is O=C1CCCN1C1=CC(CF)(CF)Oc2ccc(C(F)(F)C(F)(F)C(F)(F)F)cc21. The van der Waals surface area contributed by atoms with Gasteiger partial charge in [-0.1, -0.05) is 0 Å². The summed E-state index contributed by atoms with van der Waals surface area (Å²) >= 11 is 0. The van der Waals surface area contributed by atoms with E-state index in [0.29, 0.717) is 18.6 Å². The van der Waals surface area contributed by atoms with Gasteiger partial charge in [-0.25, -0.2) is 8.78 Å². The first-order valence-electron chi connectivity index (χ1n) is 8.61. The Morgan fingerprint density at radius 1 is 1.03 bits per heavy atom. The molecule has 3 rings (SSSR count). The summed E-state index contributed by atoms with van der Waals surface area (Å²) in [5.74, 6) is -13.0. The largest absolute Gasteiger partial charge is 0.477 e. The van der Waals surface area contributed by atoms with E-state index in [1.165, 1.54) is 0 Å². The second-order valence-corrected chi connectivity index (χ2v) is 6.97. The summed E-state index contributed by atoms with van der Waals surface area (Å²) in [6, 6.07) is 1.19. The number of hydrogen-bond acceptors (Lipinski definition) is 2. The molecule has 0 bridgehead atoms. The van der Waals surface area contributed by atoms with E-state index in [1.807, 2.05) is 0 Å². The van der Waals surface area contributed by atoms with Crippen LogP contribution < -0.4 is 4.74 Å². The minimum Gasteiger partial charge on any atom is -0.477 e. The highest BCUT2D eigenvalue weighted by Crippen LogP contribution is 2.53. The summed E-state index contributed by atoms with van der Waals surface area (Å²) in [5.41, 5.74) is -4.62. The lowest BCUT2D eigenvalue weighted by atomic mass is 9.93. The molecule has 0 aromatic heterocycles. The maximum absolute atomic E-state index is 14.1. The molecule has 1 saturated heterocycles. The standard InChI is InChI=1S/C18H14F9NO2/c19-8-15(9-20)7-12(28-5-1-2-14(28)29)11-6-10(3-4-13(11)30-15)16(21,22)17(23,24)18(25,26)27/h3-4,6-7H,1-2,5,8-9H2. The lowest BCUT2D eigenvalue weighted by molar-refractivity contribution is -0.359. The Labute approximate surface area is 164 Å². The summed E-state index contributed by atoms with van der Waals surface area (Å²) in [6.45, 7) is -2.77. The zero-order chi connectivity index (χ0) is 22.5.